The van der Waals surface area contributed by atoms with Crippen molar-refractivity contribution in [3.63, 3.8) is 0 Å². The van der Waals surface area contributed by atoms with Gasteiger partial charge in [0.1, 0.15) is 0 Å². The first kappa shape index (κ1) is 18.1. The van der Waals surface area contributed by atoms with Gasteiger partial charge >= 0.3 is 0 Å². The summed E-state index contributed by atoms with van der Waals surface area (Å²) in [6.07, 6.45) is 3.79. The van der Waals surface area contributed by atoms with Crippen molar-refractivity contribution in [2.75, 3.05) is 13.7 Å². The molecule has 1 aromatic carbocycles. The first-order chi connectivity index (χ1) is 11.5. The highest BCUT2D eigenvalue weighted by Crippen LogP contribution is 2.28. The molecule has 0 bridgehead atoms. The van der Waals surface area contributed by atoms with Gasteiger partial charge in [0.25, 0.3) is 5.91 Å². The third-order valence-electron chi connectivity index (χ3n) is 4.15. The molecule has 6 nitrogen and oxygen atoms in total. The van der Waals surface area contributed by atoms with Gasteiger partial charge in [-0.25, -0.2) is 0 Å². The molecule has 2 N–H and O–H groups in total. The Kier molecular flexibility index (Phi) is 6.46. The van der Waals surface area contributed by atoms with Crippen molar-refractivity contribution >= 4 is 11.8 Å². The molecule has 6 heteroatoms. The molecule has 1 aromatic rings. The predicted octanol–water partition coefficient (Wildman–Crippen LogP) is 2.68. The molecule has 0 aliphatic heterocycles. The van der Waals surface area contributed by atoms with Gasteiger partial charge < -0.3 is 9.47 Å². The van der Waals surface area contributed by atoms with Crippen molar-refractivity contribution in [3.8, 4) is 11.5 Å². The summed E-state index contributed by atoms with van der Waals surface area (Å²) < 4.78 is 11.0. The largest absolute Gasteiger partial charge is 0.493 e. The Balaban J connectivity index is 1.91. The topological polar surface area (TPSA) is 76.7 Å². The number of hydrogen-bond donors (Lipinski definition) is 2. The van der Waals surface area contributed by atoms with Crippen LogP contribution in [0.2, 0.25) is 0 Å². The van der Waals surface area contributed by atoms with Crippen molar-refractivity contribution in [3.05, 3.63) is 23.8 Å². The molecule has 0 saturated heterocycles. The smallest absolute Gasteiger partial charge is 0.269 e. The van der Waals surface area contributed by atoms with Crippen LogP contribution in [0, 0.1) is 11.8 Å². The predicted molar refractivity (Wildman–Crippen MR) is 90.9 cm³/mol. The fourth-order valence-electron chi connectivity index (χ4n) is 2.30. The van der Waals surface area contributed by atoms with Crippen LogP contribution >= 0.6 is 0 Å². The Morgan fingerprint density at radius 3 is 2.54 bits per heavy atom. The highest BCUT2D eigenvalue weighted by atomic mass is 16.5. The highest BCUT2D eigenvalue weighted by Gasteiger charge is 2.25. The van der Waals surface area contributed by atoms with Crippen LogP contribution in [0.4, 0.5) is 0 Å². The first-order valence-electron chi connectivity index (χ1n) is 8.42. The molecule has 0 aromatic heterocycles. The van der Waals surface area contributed by atoms with Crippen LogP contribution < -0.4 is 20.3 Å². The maximum Gasteiger partial charge on any atom is 0.269 e. The molecule has 0 radical (unpaired) electrons. The van der Waals surface area contributed by atoms with E-state index in [4.69, 9.17) is 9.47 Å². The number of carbonyl (C=O) groups excluding carboxylic acids is 2. The molecule has 0 heterocycles. The molecule has 1 fully saturated rings. The summed E-state index contributed by atoms with van der Waals surface area (Å²) in [5, 5.41) is 0. The quantitative estimate of drug-likeness (QED) is 0.752. The standard InChI is InChI=1S/C18H26N2O4/c1-12(2)9-10-24-15-8-7-14(11-16(15)23-3)18(22)20-19-17(21)13-5-4-6-13/h7-8,11-13H,4-6,9-10H2,1-3H3,(H,19,21)(H,20,22). The number of hydrazine groups is 1. The Bertz CT molecular complexity index is 582. The van der Waals surface area contributed by atoms with Crippen molar-refractivity contribution in [1.82, 2.24) is 10.9 Å². The minimum absolute atomic E-state index is 0.0246. The molecule has 0 atom stereocenters. The van der Waals surface area contributed by atoms with E-state index in [9.17, 15) is 9.59 Å². The van der Waals surface area contributed by atoms with Crippen molar-refractivity contribution in [2.24, 2.45) is 11.8 Å². The van der Waals surface area contributed by atoms with Gasteiger partial charge in [0.15, 0.2) is 11.5 Å². The third-order valence-corrected chi connectivity index (χ3v) is 4.15. The average Bonchev–Trinajstić information content (AvgIpc) is 2.50. The Hall–Kier alpha value is -2.24. The van der Waals surface area contributed by atoms with Crippen LogP contribution in [0.3, 0.4) is 0 Å². The maximum atomic E-state index is 12.1. The van der Waals surface area contributed by atoms with E-state index in [1.54, 1.807) is 18.2 Å². The number of benzene rings is 1. The van der Waals surface area contributed by atoms with Crippen LogP contribution in [-0.2, 0) is 4.79 Å². The summed E-state index contributed by atoms with van der Waals surface area (Å²) in [7, 11) is 1.53. The minimum Gasteiger partial charge on any atom is -0.493 e. The SMILES string of the molecule is COc1cc(C(=O)NNC(=O)C2CCC2)ccc1OCCC(C)C. The monoisotopic (exact) mass is 334 g/mol. The second-order valence-electron chi connectivity index (χ2n) is 6.47. The zero-order valence-corrected chi connectivity index (χ0v) is 14.6. The average molecular weight is 334 g/mol. The lowest BCUT2D eigenvalue weighted by Crippen LogP contribution is -2.46. The van der Waals surface area contributed by atoms with Gasteiger partial charge in [-0.1, -0.05) is 20.3 Å². The second kappa shape index (κ2) is 8.57. The molecule has 1 aliphatic carbocycles. The van der Waals surface area contributed by atoms with Crippen molar-refractivity contribution in [1.29, 1.82) is 0 Å². The number of carbonyl (C=O) groups is 2. The molecule has 132 valence electrons. The number of methoxy groups -OCH3 is 1. The first-order valence-corrected chi connectivity index (χ1v) is 8.42. The Morgan fingerprint density at radius 2 is 1.96 bits per heavy atom. The van der Waals surface area contributed by atoms with Gasteiger partial charge in [-0.2, -0.15) is 0 Å². The van der Waals surface area contributed by atoms with E-state index < -0.39 is 0 Å². The minimum atomic E-state index is -0.380. The summed E-state index contributed by atoms with van der Waals surface area (Å²) in [5.74, 6) is 1.17. The van der Waals surface area contributed by atoms with E-state index in [1.807, 2.05) is 0 Å². The van der Waals surface area contributed by atoms with E-state index in [2.05, 4.69) is 24.7 Å². The lowest BCUT2D eigenvalue weighted by Gasteiger charge is -2.24. The summed E-state index contributed by atoms with van der Waals surface area (Å²) >= 11 is 0. The Morgan fingerprint density at radius 1 is 1.21 bits per heavy atom. The zero-order valence-electron chi connectivity index (χ0n) is 14.6. The maximum absolute atomic E-state index is 12.1. The van der Waals surface area contributed by atoms with Crippen LogP contribution in [0.1, 0.15) is 49.9 Å². The normalized spacial score (nSPS) is 14.0. The lowest BCUT2D eigenvalue weighted by atomic mass is 9.85. The molecule has 24 heavy (non-hydrogen) atoms. The van der Waals surface area contributed by atoms with Crippen LogP contribution in [-0.4, -0.2) is 25.5 Å². The second-order valence-corrected chi connectivity index (χ2v) is 6.47. The number of ether oxygens (including phenoxy) is 2. The van der Waals surface area contributed by atoms with Gasteiger partial charge in [-0.3, -0.25) is 20.4 Å². The van der Waals surface area contributed by atoms with Gasteiger partial charge in [0.05, 0.1) is 13.7 Å². The molecule has 1 aliphatic rings. The summed E-state index contributed by atoms with van der Waals surface area (Å²) in [6.45, 7) is 4.86. The van der Waals surface area contributed by atoms with E-state index in [1.165, 1.54) is 7.11 Å². The van der Waals surface area contributed by atoms with Crippen molar-refractivity contribution in [2.45, 2.75) is 39.5 Å². The number of rotatable bonds is 7. The highest BCUT2D eigenvalue weighted by molar-refractivity contribution is 5.96. The molecule has 1 saturated carbocycles. The summed E-state index contributed by atoms with van der Waals surface area (Å²) in [6, 6.07) is 4.97. The molecule has 0 unspecified atom stereocenters. The van der Waals surface area contributed by atoms with E-state index in [0.29, 0.717) is 29.6 Å². The molecular formula is C18H26N2O4. The zero-order chi connectivity index (χ0) is 17.5. The Labute approximate surface area is 142 Å². The van der Waals surface area contributed by atoms with Crippen LogP contribution in [0.5, 0.6) is 11.5 Å². The fourth-order valence-corrected chi connectivity index (χ4v) is 2.30. The van der Waals surface area contributed by atoms with Crippen molar-refractivity contribution < 1.29 is 19.1 Å². The lowest BCUT2D eigenvalue weighted by molar-refractivity contribution is -0.128. The van der Waals surface area contributed by atoms with Gasteiger partial charge in [0, 0.05) is 11.5 Å². The molecule has 2 rings (SSSR count). The van der Waals surface area contributed by atoms with Gasteiger partial charge in [-0.15, -0.1) is 0 Å². The molecule has 2 amide bonds. The van der Waals surface area contributed by atoms with E-state index >= 15 is 0 Å². The van der Waals surface area contributed by atoms with Gasteiger partial charge in [-0.05, 0) is 43.4 Å². The van der Waals surface area contributed by atoms with E-state index in [0.717, 1.165) is 25.7 Å². The molecule has 0 spiro atoms. The van der Waals surface area contributed by atoms with Crippen LogP contribution in [0.15, 0.2) is 18.2 Å². The third kappa shape index (κ3) is 4.88. The van der Waals surface area contributed by atoms with Gasteiger partial charge in [0.2, 0.25) is 5.91 Å². The number of hydrogen-bond acceptors (Lipinski definition) is 4. The number of nitrogens with one attached hydrogen (secondary N) is 2. The summed E-state index contributed by atoms with van der Waals surface area (Å²) in [5.41, 5.74) is 5.31. The summed E-state index contributed by atoms with van der Waals surface area (Å²) in [4.78, 5) is 23.9. The molecular weight excluding hydrogens is 308 g/mol. The van der Waals surface area contributed by atoms with Crippen LogP contribution in [0.25, 0.3) is 0 Å². The van der Waals surface area contributed by atoms with E-state index in [-0.39, 0.29) is 17.7 Å². The fraction of sp³-hybridized carbons (Fsp3) is 0.556. The number of amides is 2.